The third-order valence-corrected chi connectivity index (χ3v) is 7.06. The minimum absolute atomic E-state index is 0.0135. The minimum atomic E-state index is -4.06. The molecule has 8 nitrogen and oxygen atoms in total. The van der Waals surface area contributed by atoms with Crippen molar-refractivity contribution < 1.29 is 27.0 Å². The Hall–Kier alpha value is -3.98. The lowest BCUT2D eigenvalue weighted by Gasteiger charge is -2.18. The van der Waals surface area contributed by atoms with Crippen molar-refractivity contribution in [1.29, 1.82) is 0 Å². The van der Waals surface area contributed by atoms with Crippen LogP contribution in [0.15, 0.2) is 81.1 Å². The Kier molecular flexibility index (Phi) is 6.08. The van der Waals surface area contributed by atoms with Crippen LogP contribution in [0.25, 0.3) is 11.5 Å². The van der Waals surface area contributed by atoms with Crippen molar-refractivity contribution in [2.45, 2.75) is 23.8 Å². The Morgan fingerprint density at radius 1 is 0.943 bits per heavy atom. The van der Waals surface area contributed by atoms with E-state index >= 15 is 0 Å². The molecule has 0 saturated carbocycles. The molecule has 0 fully saturated rings. The Balaban J connectivity index is 1.57. The monoisotopic (exact) mass is 492 g/mol. The lowest BCUT2D eigenvalue weighted by atomic mass is 10.1. The molecule has 5 rings (SSSR count). The van der Waals surface area contributed by atoms with Crippen LogP contribution in [-0.2, 0) is 9.84 Å². The molecule has 0 aliphatic carbocycles. The summed E-state index contributed by atoms with van der Waals surface area (Å²) in [5, 5.41) is 2.84. The van der Waals surface area contributed by atoms with E-state index in [9.17, 15) is 8.42 Å². The fraction of sp³-hybridized carbons (Fsp3) is 0.192. The second-order valence-corrected chi connectivity index (χ2v) is 9.78. The zero-order valence-corrected chi connectivity index (χ0v) is 20.1. The molecule has 1 N–H and O–H groups in total. The molecule has 0 bridgehead atoms. The number of hydrogen-bond donors (Lipinski definition) is 1. The molecule has 180 valence electrons. The van der Waals surface area contributed by atoms with E-state index < -0.39 is 9.84 Å². The van der Waals surface area contributed by atoms with Gasteiger partial charge in [-0.15, -0.1) is 0 Å². The summed E-state index contributed by atoms with van der Waals surface area (Å²) in [5.74, 6) is 1.79. The highest BCUT2D eigenvalue weighted by Crippen LogP contribution is 2.38. The quantitative estimate of drug-likeness (QED) is 0.366. The Labute approximate surface area is 203 Å². The van der Waals surface area contributed by atoms with E-state index in [1.165, 1.54) is 12.1 Å². The summed E-state index contributed by atoms with van der Waals surface area (Å²) in [6.07, 6.45) is 0. The molecule has 1 aliphatic heterocycles. The predicted molar refractivity (Wildman–Crippen MR) is 130 cm³/mol. The van der Waals surface area contributed by atoms with Gasteiger partial charge in [0.15, 0.2) is 11.5 Å². The number of hydrogen-bond acceptors (Lipinski definition) is 8. The van der Waals surface area contributed by atoms with Gasteiger partial charge in [0.2, 0.25) is 26.6 Å². The van der Waals surface area contributed by atoms with Gasteiger partial charge in [-0.05, 0) is 62.4 Å². The Bertz CT molecular complexity index is 1440. The zero-order valence-electron chi connectivity index (χ0n) is 19.3. The number of ether oxygens (including phenoxy) is 3. The van der Waals surface area contributed by atoms with Crippen molar-refractivity contribution in [3.63, 3.8) is 0 Å². The highest BCUT2D eigenvalue weighted by Gasteiger charge is 2.30. The van der Waals surface area contributed by atoms with Crippen molar-refractivity contribution in [3.05, 3.63) is 72.3 Å². The molecule has 0 spiro atoms. The molecule has 0 saturated heterocycles. The third-order valence-electron chi connectivity index (χ3n) is 5.40. The Morgan fingerprint density at radius 2 is 1.66 bits per heavy atom. The van der Waals surface area contributed by atoms with E-state index in [0.29, 0.717) is 48.3 Å². The van der Waals surface area contributed by atoms with Gasteiger partial charge in [-0.2, -0.15) is 4.98 Å². The van der Waals surface area contributed by atoms with Gasteiger partial charge >= 0.3 is 0 Å². The number of rotatable bonds is 7. The number of nitrogens with zero attached hydrogens (tertiary/aromatic N) is 1. The summed E-state index contributed by atoms with van der Waals surface area (Å²) >= 11 is 0. The van der Waals surface area contributed by atoms with Crippen LogP contribution in [0.2, 0.25) is 0 Å². The van der Waals surface area contributed by atoms with Gasteiger partial charge in [0.25, 0.3) is 0 Å². The maximum atomic E-state index is 13.7. The third kappa shape index (κ3) is 4.67. The van der Waals surface area contributed by atoms with Gasteiger partial charge in [-0.3, -0.25) is 0 Å². The van der Waals surface area contributed by atoms with Gasteiger partial charge in [-0.25, -0.2) is 8.42 Å². The second kappa shape index (κ2) is 9.34. The van der Waals surface area contributed by atoms with Crippen molar-refractivity contribution >= 4 is 21.4 Å². The molecular weight excluding hydrogens is 468 g/mol. The molecule has 2 heterocycles. The number of nitrogens with one attached hydrogen (secondary N) is 1. The normalized spacial score (nSPS) is 12.9. The smallest absolute Gasteiger partial charge is 0.238 e. The standard InChI is InChI=1S/C26H24N2O6S/c1-3-31-20-10-8-19(9-11-20)27-25-26(28-24(34-25)18-6-4-17(2)5-7-18)35(29,30)21-12-13-22-23(16-21)33-15-14-32-22/h4-13,16,27H,3,14-15H2,1-2H3. The van der Waals surface area contributed by atoms with Crippen LogP contribution in [0.3, 0.4) is 0 Å². The van der Waals surface area contributed by atoms with Gasteiger partial charge in [0.05, 0.1) is 11.5 Å². The molecule has 35 heavy (non-hydrogen) atoms. The maximum absolute atomic E-state index is 13.7. The molecule has 0 radical (unpaired) electrons. The molecule has 0 unspecified atom stereocenters. The number of aromatic nitrogens is 1. The zero-order chi connectivity index (χ0) is 24.4. The van der Waals surface area contributed by atoms with Crippen LogP contribution in [0.5, 0.6) is 17.2 Å². The van der Waals surface area contributed by atoms with Crippen LogP contribution < -0.4 is 19.5 Å². The predicted octanol–water partition coefficient (Wildman–Crippen LogP) is 5.40. The molecule has 3 aromatic carbocycles. The lowest BCUT2D eigenvalue weighted by Crippen LogP contribution is -2.16. The van der Waals surface area contributed by atoms with Crippen LogP contribution in [0.1, 0.15) is 12.5 Å². The molecule has 1 aliphatic rings. The molecule has 1 aromatic heterocycles. The van der Waals surface area contributed by atoms with Crippen LogP contribution in [0.4, 0.5) is 11.6 Å². The van der Waals surface area contributed by atoms with Crippen molar-refractivity contribution in [3.8, 4) is 28.7 Å². The number of oxazole rings is 1. The summed E-state index contributed by atoms with van der Waals surface area (Å²) in [6, 6.07) is 19.1. The van der Waals surface area contributed by atoms with E-state index in [0.717, 1.165) is 5.56 Å². The minimum Gasteiger partial charge on any atom is -0.494 e. The van der Waals surface area contributed by atoms with E-state index in [2.05, 4.69) is 10.3 Å². The van der Waals surface area contributed by atoms with Crippen molar-refractivity contribution in [2.75, 3.05) is 25.1 Å². The average molecular weight is 493 g/mol. The first-order valence-electron chi connectivity index (χ1n) is 11.2. The first kappa shape index (κ1) is 22.8. The first-order chi connectivity index (χ1) is 16.9. The molecule has 4 aromatic rings. The SMILES string of the molecule is CCOc1ccc(Nc2oc(-c3ccc(C)cc3)nc2S(=O)(=O)c2ccc3c(c2)OCCO3)cc1. The van der Waals surface area contributed by atoms with E-state index in [4.69, 9.17) is 18.6 Å². The van der Waals surface area contributed by atoms with Crippen LogP contribution in [-0.4, -0.2) is 33.2 Å². The summed E-state index contributed by atoms with van der Waals surface area (Å²) in [6.45, 7) is 5.19. The largest absolute Gasteiger partial charge is 0.494 e. The summed E-state index contributed by atoms with van der Waals surface area (Å²) in [5.41, 5.74) is 2.35. The number of sulfone groups is 1. The van der Waals surface area contributed by atoms with E-state index in [1.54, 1.807) is 30.3 Å². The highest BCUT2D eigenvalue weighted by molar-refractivity contribution is 7.91. The fourth-order valence-corrected chi connectivity index (χ4v) is 4.89. The van der Waals surface area contributed by atoms with Crippen molar-refractivity contribution in [1.82, 2.24) is 4.98 Å². The van der Waals surface area contributed by atoms with Gasteiger partial charge in [0, 0.05) is 17.3 Å². The molecular formula is C26H24N2O6S. The van der Waals surface area contributed by atoms with E-state index in [1.807, 2.05) is 38.1 Å². The number of aryl methyl sites for hydroxylation is 1. The fourth-order valence-electron chi connectivity index (χ4n) is 3.62. The highest BCUT2D eigenvalue weighted by atomic mass is 32.2. The van der Waals surface area contributed by atoms with Gasteiger partial charge in [0.1, 0.15) is 19.0 Å². The van der Waals surface area contributed by atoms with E-state index in [-0.39, 0.29) is 21.7 Å². The number of fused-ring (bicyclic) bond motifs is 1. The second-order valence-electron chi connectivity index (χ2n) is 7.91. The lowest BCUT2D eigenvalue weighted by molar-refractivity contribution is 0.171. The average Bonchev–Trinajstić information content (AvgIpc) is 3.30. The van der Waals surface area contributed by atoms with Crippen molar-refractivity contribution in [2.24, 2.45) is 0 Å². The summed E-state index contributed by atoms with van der Waals surface area (Å²) in [7, 11) is -4.06. The Morgan fingerprint density at radius 3 is 2.37 bits per heavy atom. The first-order valence-corrected chi connectivity index (χ1v) is 12.6. The summed E-state index contributed by atoms with van der Waals surface area (Å²) < 4.78 is 49.9. The van der Waals surface area contributed by atoms with Crippen LogP contribution in [0, 0.1) is 6.92 Å². The van der Waals surface area contributed by atoms with Crippen LogP contribution >= 0.6 is 0 Å². The molecule has 0 amide bonds. The molecule has 9 heteroatoms. The topological polar surface area (TPSA) is 99.9 Å². The van der Waals surface area contributed by atoms with Gasteiger partial charge < -0.3 is 23.9 Å². The number of benzene rings is 3. The summed E-state index contributed by atoms with van der Waals surface area (Å²) in [4.78, 5) is 4.43. The number of anilines is 2. The maximum Gasteiger partial charge on any atom is 0.238 e. The molecule has 0 atom stereocenters. The van der Waals surface area contributed by atoms with Gasteiger partial charge in [-0.1, -0.05) is 17.7 Å².